The lowest BCUT2D eigenvalue weighted by Gasteiger charge is -2.30. The van der Waals surface area contributed by atoms with Gasteiger partial charge in [-0.3, -0.25) is 19.1 Å². The molecule has 0 spiro atoms. The molecule has 0 aliphatic carbocycles. The number of amides is 2. The van der Waals surface area contributed by atoms with E-state index in [1.54, 1.807) is 31.2 Å². The van der Waals surface area contributed by atoms with Crippen molar-refractivity contribution in [3.8, 4) is 11.1 Å². The van der Waals surface area contributed by atoms with Crippen LogP contribution in [0.5, 0.6) is 0 Å². The average molecular weight is 678 g/mol. The third-order valence-electron chi connectivity index (χ3n) is 7.97. The van der Waals surface area contributed by atoms with Crippen molar-refractivity contribution >= 4 is 50.2 Å². The van der Waals surface area contributed by atoms with Gasteiger partial charge in [0.15, 0.2) is 5.78 Å². The molecule has 1 fully saturated rings. The first kappa shape index (κ1) is 32.0. The minimum atomic E-state index is -0.829. The number of aromatic nitrogens is 5. The van der Waals surface area contributed by atoms with Gasteiger partial charge < -0.3 is 15.1 Å². The molecule has 0 radical (unpaired) electrons. The maximum atomic E-state index is 16.0. The number of carbonyl (C=O) groups excluding carboxylic acids is 3. The number of nitrogens with zero attached hydrogens (tertiary/aromatic N) is 7. The van der Waals surface area contributed by atoms with Gasteiger partial charge in [0, 0.05) is 37.0 Å². The molecule has 1 N–H and O–H groups in total. The number of halogens is 2. The number of pyridine rings is 1. The first-order valence-corrected chi connectivity index (χ1v) is 15.2. The second-order valence-corrected chi connectivity index (χ2v) is 12.3. The second-order valence-electron chi connectivity index (χ2n) is 11.5. The molecule has 0 unspecified atom stereocenters. The van der Waals surface area contributed by atoms with Gasteiger partial charge in [-0.05, 0) is 80.0 Å². The molecule has 5 rings (SSSR count). The second kappa shape index (κ2) is 12.9. The van der Waals surface area contributed by atoms with Gasteiger partial charge in [0.05, 0.1) is 16.9 Å². The van der Waals surface area contributed by atoms with Crippen molar-refractivity contribution in [2.45, 2.75) is 45.8 Å². The van der Waals surface area contributed by atoms with Gasteiger partial charge in [-0.15, -0.1) is 6.58 Å². The molecule has 11 nitrogen and oxygen atoms in total. The van der Waals surface area contributed by atoms with E-state index >= 15 is 4.39 Å². The standard InChI is InChI=1S/C32H34BrFN8O3/c1-7-23-20(15-40(5)6)12-25(32(45)38-31-17(2)8-11-26(33)37-31)42(23)27(44)16-41-24-10-9-22(21-13-35-19(4)36-14-21)29(34)28(24)30(39-41)18(3)43/h7-11,13-14,20,23,25H,1,12,15-16H2,2-6H3,(H,37,38,45)/t20-,23-,25+/m1/s1. The van der Waals surface area contributed by atoms with E-state index in [1.165, 1.54) is 28.9 Å². The highest BCUT2D eigenvalue weighted by molar-refractivity contribution is 9.10. The van der Waals surface area contributed by atoms with Crippen LogP contribution in [0.4, 0.5) is 10.2 Å². The molecule has 1 saturated heterocycles. The molecular weight excluding hydrogens is 643 g/mol. The van der Waals surface area contributed by atoms with Crippen LogP contribution in [0.15, 0.2) is 53.9 Å². The highest BCUT2D eigenvalue weighted by atomic mass is 79.9. The van der Waals surface area contributed by atoms with Gasteiger partial charge in [0.2, 0.25) is 11.8 Å². The van der Waals surface area contributed by atoms with Crippen molar-refractivity contribution in [2.24, 2.45) is 5.92 Å². The summed E-state index contributed by atoms with van der Waals surface area (Å²) in [4.78, 5) is 56.7. The molecule has 45 heavy (non-hydrogen) atoms. The highest BCUT2D eigenvalue weighted by Crippen LogP contribution is 2.34. The van der Waals surface area contributed by atoms with Gasteiger partial charge >= 0.3 is 0 Å². The fourth-order valence-corrected chi connectivity index (χ4v) is 6.21. The number of hydrogen-bond acceptors (Lipinski definition) is 8. The number of carbonyl (C=O) groups is 3. The highest BCUT2D eigenvalue weighted by Gasteiger charge is 2.46. The molecule has 3 atom stereocenters. The number of benzene rings is 1. The minimum absolute atomic E-state index is 0.00560. The molecule has 0 bridgehead atoms. The Balaban J connectivity index is 1.52. The van der Waals surface area contributed by atoms with Crippen LogP contribution in [0, 0.1) is 25.6 Å². The zero-order valence-electron chi connectivity index (χ0n) is 25.7. The number of rotatable bonds is 9. The SMILES string of the molecule is C=C[C@@H]1[C@@H](CN(C)C)C[C@@H](C(=O)Nc2nc(Br)ccc2C)N1C(=O)Cn1nc(C(C)=O)c2c(F)c(-c3cnc(C)nc3)ccc21. The summed E-state index contributed by atoms with van der Waals surface area (Å²) >= 11 is 3.34. The summed E-state index contributed by atoms with van der Waals surface area (Å²) in [6.07, 6.45) is 5.10. The summed E-state index contributed by atoms with van der Waals surface area (Å²) < 4.78 is 17.9. The van der Waals surface area contributed by atoms with Crippen LogP contribution in [0.3, 0.4) is 0 Å². The summed E-state index contributed by atoms with van der Waals surface area (Å²) in [5, 5.41) is 7.28. The average Bonchev–Trinajstić information content (AvgIpc) is 3.54. The number of likely N-dealkylation sites (tertiary alicyclic amines) is 1. The van der Waals surface area contributed by atoms with E-state index in [0.29, 0.717) is 34.8 Å². The monoisotopic (exact) mass is 676 g/mol. The van der Waals surface area contributed by atoms with Gasteiger partial charge in [-0.25, -0.2) is 19.3 Å². The summed E-state index contributed by atoms with van der Waals surface area (Å²) in [6.45, 7) is 9.14. The third kappa shape index (κ3) is 6.40. The van der Waals surface area contributed by atoms with Crippen molar-refractivity contribution in [3.05, 3.63) is 76.8 Å². The predicted octanol–water partition coefficient (Wildman–Crippen LogP) is 4.58. The Labute approximate surface area is 268 Å². The molecule has 1 aliphatic heterocycles. The molecule has 1 aromatic carbocycles. The summed E-state index contributed by atoms with van der Waals surface area (Å²) in [7, 11) is 3.86. The van der Waals surface area contributed by atoms with Crippen LogP contribution in [-0.2, 0) is 16.1 Å². The van der Waals surface area contributed by atoms with Crippen molar-refractivity contribution < 1.29 is 18.8 Å². The Morgan fingerprint density at radius 3 is 2.51 bits per heavy atom. The number of Topliss-reactive ketones (excluding diaryl/α,β-unsaturated/α-hetero) is 1. The minimum Gasteiger partial charge on any atom is -0.322 e. The van der Waals surface area contributed by atoms with Crippen LogP contribution >= 0.6 is 15.9 Å². The van der Waals surface area contributed by atoms with E-state index in [-0.39, 0.29) is 40.5 Å². The Hall–Kier alpha value is -4.36. The van der Waals surface area contributed by atoms with E-state index in [1.807, 2.05) is 32.0 Å². The molecule has 0 saturated carbocycles. The zero-order chi connectivity index (χ0) is 32.6. The van der Waals surface area contributed by atoms with E-state index in [4.69, 9.17) is 0 Å². The Kier molecular flexibility index (Phi) is 9.21. The number of nitrogens with one attached hydrogen (secondary N) is 1. The normalized spacial score (nSPS) is 18.0. The Morgan fingerprint density at radius 2 is 1.87 bits per heavy atom. The lowest BCUT2D eigenvalue weighted by Crippen LogP contribution is -2.48. The van der Waals surface area contributed by atoms with Crippen molar-refractivity contribution in [1.82, 2.24) is 34.5 Å². The summed E-state index contributed by atoms with van der Waals surface area (Å²) in [5.74, 6) is -1.05. The topological polar surface area (TPSA) is 126 Å². The molecule has 4 heterocycles. The lowest BCUT2D eigenvalue weighted by molar-refractivity contribution is -0.138. The number of ketones is 1. The van der Waals surface area contributed by atoms with Crippen LogP contribution < -0.4 is 5.32 Å². The summed E-state index contributed by atoms with van der Waals surface area (Å²) in [6, 6.07) is 5.50. The smallest absolute Gasteiger partial charge is 0.248 e. The molecule has 1 aliphatic rings. The van der Waals surface area contributed by atoms with E-state index in [2.05, 4.69) is 47.9 Å². The number of aryl methyl sites for hydroxylation is 2. The van der Waals surface area contributed by atoms with Crippen LogP contribution in [0.1, 0.15) is 35.2 Å². The van der Waals surface area contributed by atoms with Crippen molar-refractivity contribution in [3.63, 3.8) is 0 Å². The summed E-state index contributed by atoms with van der Waals surface area (Å²) in [5.41, 5.74) is 1.60. The quantitative estimate of drug-likeness (QED) is 0.155. The van der Waals surface area contributed by atoms with Gasteiger partial charge in [-0.2, -0.15) is 5.10 Å². The van der Waals surface area contributed by atoms with Gasteiger partial charge in [0.1, 0.15) is 40.3 Å². The number of anilines is 1. The van der Waals surface area contributed by atoms with Gasteiger partial charge in [-0.1, -0.05) is 12.1 Å². The zero-order valence-corrected chi connectivity index (χ0v) is 27.3. The first-order valence-electron chi connectivity index (χ1n) is 14.4. The molecule has 234 valence electrons. The van der Waals surface area contributed by atoms with E-state index in [9.17, 15) is 14.4 Å². The van der Waals surface area contributed by atoms with Gasteiger partial charge in [0.25, 0.3) is 0 Å². The Bertz CT molecular complexity index is 1810. The van der Waals surface area contributed by atoms with Crippen molar-refractivity contribution in [2.75, 3.05) is 26.0 Å². The largest absolute Gasteiger partial charge is 0.322 e. The molecular formula is C32H34BrFN8O3. The molecule has 4 aromatic rings. The maximum absolute atomic E-state index is 16.0. The predicted molar refractivity (Wildman–Crippen MR) is 172 cm³/mol. The van der Waals surface area contributed by atoms with Crippen LogP contribution in [0.25, 0.3) is 22.0 Å². The van der Waals surface area contributed by atoms with Crippen molar-refractivity contribution in [1.29, 1.82) is 0 Å². The molecule has 2 amide bonds. The van der Waals surface area contributed by atoms with Crippen LogP contribution in [-0.4, -0.2) is 84.9 Å². The fourth-order valence-electron chi connectivity index (χ4n) is 5.90. The first-order chi connectivity index (χ1) is 21.4. The lowest BCUT2D eigenvalue weighted by atomic mass is 9.98. The maximum Gasteiger partial charge on any atom is 0.248 e. The molecule has 3 aromatic heterocycles. The molecule has 13 heteroatoms. The van der Waals surface area contributed by atoms with Crippen LogP contribution in [0.2, 0.25) is 0 Å². The third-order valence-corrected chi connectivity index (χ3v) is 8.41. The number of fused-ring (bicyclic) bond motifs is 1. The van der Waals surface area contributed by atoms with E-state index < -0.39 is 29.6 Å². The fraction of sp³-hybridized carbons (Fsp3) is 0.344. The number of hydrogen-bond donors (Lipinski definition) is 1. The van der Waals surface area contributed by atoms with E-state index in [0.717, 1.165) is 5.56 Å². The Morgan fingerprint density at radius 1 is 1.16 bits per heavy atom.